The van der Waals surface area contributed by atoms with Gasteiger partial charge >= 0.3 is 0 Å². The first kappa shape index (κ1) is 10.9. The summed E-state index contributed by atoms with van der Waals surface area (Å²) >= 11 is 1.97. The molecular formula is C9H18N2OS. The van der Waals surface area contributed by atoms with Crippen LogP contribution in [0.1, 0.15) is 19.8 Å². The van der Waals surface area contributed by atoms with Crippen LogP contribution in [0.4, 0.5) is 0 Å². The Labute approximate surface area is 84.0 Å². The van der Waals surface area contributed by atoms with Gasteiger partial charge in [-0.05, 0) is 25.5 Å². The van der Waals surface area contributed by atoms with E-state index >= 15 is 0 Å². The van der Waals surface area contributed by atoms with Crippen molar-refractivity contribution in [2.45, 2.75) is 31.8 Å². The summed E-state index contributed by atoms with van der Waals surface area (Å²) in [6, 6.07) is 0.458. The highest BCUT2D eigenvalue weighted by Crippen LogP contribution is 2.17. The van der Waals surface area contributed by atoms with Gasteiger partial charge in [0.15, 0.2) is 0 Å². The molecule has 0 spiro atoms. The van der Waals surface area contributed by atoms with E-state index in [1.165, 1.54) is 18.6 Å². The number of rotatable bonds is 3. The molecule has 0 aromatic rings. The van der Waals surface area contributed by atoms with Crippen molar-refractivity contribution in [2.24, 2.45) is 0 Å². The van der Waals surface area contributed by atoms with E-state index in [0.29, 0.717) is 6.04 Å². The molecular weight excluding hydrogens is 184 g/mol. The second-order valence-electron chi connectivity index (χ2n) is 3.42. The molecule has 1 saturated heterocycles. The van der Waals surface area contributed by atoms with Gasteiger partial charge in [-0.15, -0.1) is 0 Å². The molecule has 1 fully saturated rings. The lowest BCUT2D eigenvalue weighted by Gasteiger charge is -2.25. The smallest absolute Gasteiger partial charge is 0.236 e. The number of nitrogens with one attached hydrogen (secondary N) is 2. The Kier molecular flexibility index (Phi) is 4.59. The molecule has 4 heteroatoms. The third-order valence-electron chi connectivity index (χ3n) is 2.29. The Hall–Kier alpha value is -0.220. The Bertz CT molecular complexity index is 169. The summed E-state index contributed by atoms with van der Waals surface area (Å²) in [6.45, 7) is 1.91. The van der Waals surface area contributed by atoms with Crippen LogP contribution >= 0.6 is 11.8 Å². The molecule has 2 N–H and O–H groups in total. The van der Waals surface area contributed by atoms with Gasteiger partial charge in [-0.25, -0.2) is 0 Å². The summed E-state index contributed by atoms with van der Waals surface area (Å²) in [6.07, 6.45) is 2.47. The Balaban J connectivity index is 2.25. The van der Waals surface area contributed by atoms with Crippen LogP contribution in [-0.4, -0.2) is 36.5 Å². The number of hydrogen-bond acceptors (Lipinski definition) is 3. The first-order valence-corrected chi connectivity index (χ1v) is 5.95. The molecule has 76 valence electrons. The highest BCUT2D eigenvalue weighted by molar-refractivity contribution is 7.99. The number of amides is 1. The number of likely N-dealkylation sites (N-methyl/N-ethyl adjacent to an activating group) is 1. The molecule has 0 aromatic carbocycles. The van der Waals surface area contributed by atoms with Gasteiger partial charge in [0.25, 0.3) is 0 Å². The molecule has 0 radical (unpaired) electrons. The van der Waals surface area contributed by atoms with E-state index in [2.05, 4.69) is 10.6 Å². The van der Waals surface area contributed by atoms with Crippen molar-refractivity contribution < 1.29 is 4.79 Å². The first-order chi connectivity index (χ1) is 6.24. The van der Waals surface area contributed by atoms with E-state index in [4.69, 9.17) is 0 Å². The predicted octanol–water partition coefficient (Wildman–Crippen LogP) is 0.606. The van der Waals surface area contributed by atoms with Crippen LogP contribution in [0.2, 0.25) is 0 Å². The van der Waals surface area contributed by atoms with Gasteiger partial charge in [0.1, 0.15) is 0 Å². The molecule has 1 amide bonds. The monoisotopic (exact) mass is 202 g/mol. The van der Waals surface area contributed by atoms with Crippen molar-refractivity contribution >= 4 is 17.7 Å². The number of hydrogen-bond donors (Lipinski definition) is 2. The van der Waals surface area contributed by atoms with E-state index < -0.39 is 0 Å². The average molecular weight is 202 g/mol. The number of carbonyl (C=O) groups excluding carboxylic acids is 1. The molecule has 0 bridgehead atoms. The average Bonchev–Trinajstić information content (AvgIpc) is 2.18. The highest BCUT2D eigenvalue weighted by Gasteiger charge is 2.18. The maximum Gasteiger partial charge on any atom is 0.236 e. The predicted molar refractivity (Wildman–Crippen MR) is 57.0 cm³/mol. The summed E-state index contributed by atoms with van der Waals surface area (Å²) < 4.78 is 0. The minimum atomic E-state index is -0.0614. The van der Waals surface area contributed by atoms with Crippen molar-refractivity contribution in [3.05, 3.63) is 0 Å². The van der Waals surface area contributed by atoms with Gasteiger partial charge in [0.05, 0.1) is 6.04 Å². The summed E-state index contributed by atoms with van der Waals surface area (Å²) in [5.41, 5.74) is 0. The molecule has 3 nitrogen and oxygen atoms in total. The largest absolute Gasteiger partial charge is 0.358 e. The summed E-state index contributed by atoms with van der Waals surface area (Å²) in [5, 5.41) is 5.98. The lowest BCUT2D eigenvalue weighted by atomic mass is 10.1. The zero-order valence-electron chi connectivity index (χ0n) is 8.30. The first-order valence-electron chi connectivity index (χ1n) is 4.79. The van der Waals surface area contributed by atoms with Crippen LogP contribution in [-0.2, 0) is 4.79 Å². The molecule has 1 aliphatic heterocycles. The maximum atomic E-state index is 11.2. The van der Waals surface area contributed by atoms with Gasteiger partial charge in [-0.3, -0.25) is 4.79 Å². The van der Waals surface area contributed by atoms with Crippen LogP contribution in [0.25, 0.3) is 0 Å². The van der Waals surface area contributed by atoms with E-state index in [-0.39, 0.29) is 11.9 Å². The highest BCUT2D eigenvalue weighted by atomic mass is 32.2. The third-order valence-corrected chi connectivity index (χ3v) is 3.50. The Morgan fingerprint density at radius 2 is 2.38 bits per heavy atom. The topological polar surface area (TPSA) is 41.1 Å². The third kappa shape index (κ3) is 3.56. The normalized spacial score (nSPS) is 25.2. The van der Waals surface area contributed by atoms with Gasteiger partial charge in [0.2, 0.25) is 5.91 Å². The Morgan fingerprint density at radius 1 is 1.62 bits per heavy atom. The molecule has 0 aliphatic carbocycles. The van der Waals surface area contributed by atoms with Crippen LogP contribution in [0, 0.1) is 0 Å². The minimum Gasteiger partial charge on any atom is -0.358 e. The van der Waals surface area contributed by atoms with Crippen molar-refractivity contribution in [1.82, 2.24) is 10.6 Å². The van der Waals surface area contributed by atoms with Crippen LogP contribution in [0.3, 0.4) is 0 Å². The van der Waals surface area contributed by atoms with Crippen LogP contribution in [0.15, 0.2) is 0 Å². The second-order valence-corrected chi connectivity index (χ2v) is 4.57. The number of thioether (sulfide) groups is 1. The minimum absolute atomic E-state index is 0.0614. The zero-order chi connectivity index (χ0) is 9.68. The molecule has 2 atom stereocenters. The van der Waals surface area contributed by atoms with Crippen molar-refractivity contribution in [3.8, 4) is 0 Å². The quantitative estimate of drug-likeness (QED) is 0.704. The standard InChI is InChI=1S/C9H18N2OS/c1-7(9(12)10-2)11-8-4-3-5-13-6-8/h7-8,11H,3-6H2,1-2H3,(H,10,12)/t7-,8?/m0/s1. The van der Waals surface area contributed by atoms with Crippen molar-refractivity contribution in [2.75, 3.05) is 18.6 Å². The SMILES string of the molecule is CNC(=O)[C@H](C)NC1CCCSC1. The Morgan fingerprint density at radius 3 is 2.92 bits per heavy atom. The van der Waals surface area contributed by atoms with Gasteiger partial charge < -0.3 is 10.6 Å². The molecule has 1 unspecified atom stereocenters. The second kappa shape index (κ2) is 5.50. The van der Waals surface area contributed by atoms with E-state index in [0.717, 1.165) is 5.75 Å². The maximum absolute atomic E-state index is 11.2. The fraction of sp³-hybridized carbons (Fsp3) is 0.889. The van der Waals surface area contributed by atoms with E-state index in [1.54, 1.807) is 7.05 Å². The zero-order valence-corrected chi connectivity index (χ0v) is 9.12. The van der Waals surface area contributed by atoms with E-state index in [9.17, 15) is 4.79 Å². The summed E-state index contributed by atoms with van der Waals surface area (Å²) in [4.78, 5) is 11.2. The molecule has 0 saturated carbocycles. The van der Waals surface area contributed by atoms with Crippen molar-refractivity contribution in [3.63, 3.8) is 0 Å². The van der Waals surface area contributed by atoms with Crippen LogP contribution in [0.5, 0.6) is 0 Å². The molecule has 1 heterocycles. The van der Waals surface area contributed by atoms with Crippen molar-refractivity contribution in [1.29, 1.82) is 0 Å². The number of carbonyl (C=O) groups is 1. The summed E-state index contributed by atoms with van der Waals surface area (Å²) in [7, 11) is 1.68. The summed E-state index contributed by atoms with van der Waals surface area (Å²) in [5.74, 6) is 2.49. The van der Waals surface area contributed by atoms with Gasteiger partial charge in [-0.2, -0.15) is 11.8 Å². The van der Waals surface area contributed by atoms with Gasteiger partial charge in [-0.1, -0.05) is 0 Å². The van der Waals surface area contributed by atoms with E-state index in [1.807, 2.05) is 18.7 Å². The fourth-order valence-corrected chi connectivity index (χ4v) is 2.60. The molecule has 1 aliphatic rings. The van der Waals surface area contributed by atoms with Gasteiger partial charge in [0, 0.05) is 18.8 Å². The molecule has 0 aromatic heterocycles. The lowest BCUT2D eigenvalue weighted by Crippen LogP contribution is -2.47. The molecule has 13 heavy (non-hydrogen) atoms. The fourth-order valence-electron chi connectivity index (χ4n) is 1.52. The lowest BCUT2D eigenvalue weighted by molar-refractivity contribution is -0.122. The van der Waals surface area contributed by atoms with Crippen LogP contribution < -0.4 is 10.6 Å². The molecule has 1 rings (SSSR count).